The van der Waals surface area contributed by atoms with Crippen molar-refractivity contribution in [3.8, 4) is 5.69 Å². The van der Waals surface area contributed by atoms with Gasteiger partial charge in [0.25, 0.3) is 5.91 Å². The van der Waals surface area contributed by atoms with E-state index in [9.17, 15) is 4.79 Å². The lowest BCUT2D eigenvalue weighted by atomic mass is 9.87. The Morgan fingerprint density at radius 3 is 2.48 bits per heavy atom. The first-order chi connectivity index (χ1) is 13.3. The second-order valence-corrected chi connectivity index (χ2v) is 6.82. The highest BCUT2D eigenvalue weighted by atomic mass is 16.5. The number of aromatic nitrogens is 2. The minimum atomic E-state index is -0.0607. The van der Waals surface area contributed by atoms with Crippen LogP contribution in [0.25, 0.3) is 5.69 Å². The Balaban J connectivity index is 1.52. The van der Waals surface area contributed by atoms with Crippen LogP contribution in [0.5, 0.6) is 0 Å². The monoisotopic (exact) mass is 361 g/mol. The summed E-state index contributed by atoms with van der Waals surface area (Å²) in [5, 5.41) is 3.23. The molecule has 1 saturated heterocycles. The molecule has 0 saturated carbocycles. The molecule has 1 aliphatic heterocycles. The van der Waals surface area contributed by atoms with Gasteiger partial charge < -0.3 is 14.6 Å². The minimum Gasteiger partial charge on any atom is -0.381 e. The molecule has 1 fully saturated rings. The summed E-state index contributed by atoms with van der Waals surface area (Å²) < 4.78 is 7.51. The molecule has 1 N–H and O–H groups in total. The van der Waals surface area contributed by atoms with Gasteiger partial charge in [0.1, 0.15) is 0 Å². The van der Waals surface area contributed by atoms with Gasteiger partial charge in [-0.05, 0) is 66.8 Å². The Kier molecular flexibility index (Phi) is 5.30. The number of rotatable bonds is 5. The molecule has 3 aromatic rings. The molecule has 0 bridgehead atoms. The number of amides is 1. The Hall–Kier alpha value is -2.92. The molecular weight excluding hydrogens is 338 g/mol. The molecule has 0 radical (unpaired) electrons. The maximum absolute atomic E-state index is 12.9. The molecule has 3 heterocycles. The third kappa shape index (κ3) is 4.09. The van der Waals surface area contributed by atoms with Crippen molar-refractivity contribution in [3.63, 3.8) is 0 Å². The number of ether oxygens (including phenoxy) is 1. The van der Waals surface area contributed by atoms with Gasteiger partial charge in [-0.3, -0.25) is 9.78 Å². The highest BCUT2D eigenvalue weighted by Crippen LogP contribution is 2.30. The molecule has 27 heavy (non-hydrogen) atoms. The van der Waals surface area contributed by atoms with E-state index in [1.54, 1.807) is 6.20 Å². The quantitative estimate of drug-likeness (QED) is 0.753. The molecule has 5 heteroatoms. The van der Waals surface area contributed by atoms with Crippen LogP contribution in [0.2, 0.25) is 0 Å². The summed E-state index contributed by atoms with van der Waals surface area (Å²) in [6.07, 6.45) is 9.44. The van der Waals surface area contributed by atoms with Crippen LogP contribution in [0.1, 0.15) is 34.8 Å². The normalized spacial score (nSPS) is 16.0. The van der Waals surface area contributed by atoms with E-state index in [-0.39, 0.29) is 11.9 Å². The first kappa shape index (κ1) is 17.5. The zero-order valence-corrected chi connectivity index (χ0v) is 15.1. The van der Waals surface area contributed by atoms with Crippen LogP contribution in [-0.4, -0.2) is 28.7 Å². The number of hydrogen-bond acceptors (Lipinski definition) is 3. The van der Waals surface area contributed by atoms with Crippen LogP contribution in [0.4, 0.5) is 0 Å². The molecule has 4 rings (SSSR count). The Bertz CT molecular complexity index is 854. The van der Waals surface area contributed by atoms with E-state index in [1.807, 2.05) is 71.7 Å². The van der Waals surface area contributed by atoms with Crippen molar-refractivity contribution in [2.24, 2.45) is 5.92 Å². The lowest BCUT2D eigenvalue weighted by molar-refractivity contribution is 0.0513. The fraction of sp³-hybridized carbons (Fsp3) is 0.273. The largest absolute Gasteiger partial charge is 0.381 e. The summed E-state index contributed by atoms with van der Waals surface area (Å²) in [7, 11) is 0. The van der Waals surface area contributed by atoms with Gasteiger partial charge in [0.15, 0.2) is 0 Å². The SMILES string of the molecule is O=C(N[C@H](c1cccnc1)C1CCOCC1)c1ccc(-n2cccc2)cc1. The summed E-state index contributed by atoms with van der Waals surface area (Å²) in [6, 6.07) is 15.5. The molecule has 0 aliphatic carbocycles. The van der Waals surface area contributed by atoms with Crippen molar-refractivity contribution in [2.45, 2.75) is 18.9 Å². The topological polar surface area (TPSA) is 56.1 Å². The molecule has 1 aliphatic rings. The van der Waals surface area contributed by atoms with Crippen LogP contribution in [0, 0.1) is 5.92 Å². The summed E-state index contributed by atoms with van der Waals surface area (Å²) >= 11 is 0. The van der Waals surface area contributed by atoms with Crippen molar-refractivity contribution in [3.05, 3.63) is 84.4 Å². The minimum absolute atomic E-state index is 0.0563. The summed E-state index contributed by atoms with van der Waals surface area (Å²) in [5.74, 6) is 0.292. The van der Waals surface area contributed by atoms with Crippen LogP contribution >= 0.6 is 0 Å². The number of nitrogens with one attached hydrogen (secondary N) is 1. The van der Waals surface area contributed by atoms with Gasteiger partial charge in [-0.15, -0.1) is 0 Å². The van der Waals surface area contributed by atoms with Gasteiger partial charge in [0.2, 0.25) is 0 Å². The molecule has 5 nitrogen and oxygen atoms in total. The molecular formula is C22H23N3O2. The number of nitrogens with zero attached hydrogens (tertiary/aromatic N) is 2. The number of carbonyl (C=O) groups excluding carboxylic acids is 1. The molecule has 1 amide bonds. The average Bonchev–Trinajstić information content (AvgIpc) is 3.28. The predicted molar refractivity (Wildman–Crippen MR) is 104 cm³/mol. The van der Waals surface area contributed by atoms with E-state index >= 15 is 0 Å². The fourth-order valence-corrected chi connectivity index (χ4v) is 3.60. The van der Waals surface area contributed by atoms with E-state index in [4.69, 9.17) is 4.74 Å². The Morgan fingerprint density at radius 2 is 1.81 bits per heavy atom. The van der Waals surface area contributed by atoms with E-state index in [0.29, 0.717) is 11.5 Å². The lowest BCUT2D eigenvalue weighted by Crippen LogP contribution is -2.36. The van der Waals surface area contributed by atoms with Crippen LogP contribution in [0.3, 0.4) is 0 Å². The summed E-state index contributed by atoms with van der Waals surface area (Å²) in [6.45, 7) is 1.48. The van der Waals surface area contributed by atoms with Crippen molar-refractivity contribution in [1.82, 2.24) is 14.9 Å². The first-order valence-electron chi connectivity index (χ1n) is 9.33. The number of benzene rings is 1. The molecule has 0 unspecified atom stereocenters. The molecule has 1 aromatic carbocycles. The van der Waals surface area contributed by atoms with Gasteiger partial charge in [0, 0.05) is 49.3 Å². The van der Waals surface area contributed by atoms with E-state index in [1.165, 1.54) is 0 Å². The lowest BCUT2D eigenvalue weighted by Gasteiger charge is -2.31. The van der Waals surface area contributed by atoms with Crippen molar-refractivity contribution >= 4 is 5.91 Å². The van der Waals surface area contributed by atoms with Gasteiger partial charge in [-0.1, -0.05) is 6.07 Å². The number of hydrogen-bond donors (Lipinski definition) is 1. The van der Waals surface area contributed by atoms with E-state index in [0.717, 1.165) is 37.3 Å². The number of pyridine rings is 1. The number of carbonyl (C=O) groups is 1. The second-order valence-electron chi connectivity index (χ2n) is 6.82. The van der Waals surface area contributed by atoms with Crippen LogP contribution < -0.4 is 5.32 Å². The van der Waals surface area contributed by atoms with Crippen LogP contribution in [0.15, 0.2) is 73.3 Å². The van der Waals surface area contributed by atoms with E-state index < -0.39 is 0 Å². The second kappa shape index (κ2) is 8.18. The van der Waals surface area contributed by atoms with E-state index in [2.05, 4.69) is 10.3 Å². The smallest absolute Gasteiger partial charge is 0.251 e. The molecule has 1 atom stereocenters. The summed E-state index contributed by atoms with van der Waals surface area (Å²) in [5.41, 5.74) is 2.73. The van der Waals surface area contributed by atoms with Crippen molar-refractivity contribution < 1.29 is 9.53 Å². The molecule has 0 spiro atoms. The zero-order chi connectivity index (χ0) is 18.5. The van der Waals surface area contributed by atoms with Gasteiger partial charge >= 0.3 is 0 Å². The van der Waals surface area contributed by atoms with Crippen molar-refractivity contribution in [2.75, 3.05) is 13.2 Å². The maximum atomic E-state index is 12.9. The highest BCUT2D eigenvalue weighted by molar-refractivity contribution is 5.94. The van der Waals surface area contributed by atoms with Gasteiger partial charge in [-0.25, -0.2) is 0 Å². The predicted octanol–water partition coefficient (Wildman–Crippen LogP) is 3.77. The molecule has 2 aromatic heterocycles. The van der Waals surface area contributed by atoms with Crippen LogP contribution in [-0.2, 0) is 4.74 Å². The van der Waals surface area contributed by atoms with Gasteiger partial charge in [-0.2, -0.15) is 0 Å². The highest BCUT2D eigenvalue weighted by Gasteiger charge is 2.27. The van der Waals surface area contributed by atoms with Gasteiger partial charge in [0.05, 0.1) is 6.04 Å². The third-order valence-electron chi connectivity index (χ3n) is 5.10. The Morgan fingerprint density at radius 1 is 1.07 bits per heavy atom. The standard InChI is InChI=1S/C22H23N3O2/c26-22(18-5-7-20(8-6-18)25-12-1-2-13-25)24-21(17-9-14-27-15-10-17)19-4-3-11-23-16-19/h1-8,11-13,16-17,21H,9-10,14-15H2,(H,24,26)/t21-/m0/s1. The Labute approximate surface area is 159 Å². The fourth-order valence-electron chi connectivity index (χ4n) is 3.60. The first-order valence-corrected chi connectivity index (χ1v) is 9.33. The van der Waals surface area contributed by atoms with Crippen molar-refractivity contribution in [1.29, 1.82) is 0 Å². The average molecular weight is 361 g/mol. The summed E-state index contributed by atoms with van der Waals surface area (Å²) in [4.78, 5) is 17.1. The molecule has 138 valence electrons. The maximum Gasteiger partial charge on any atom is 0.251 e. The zero-order valence-electron chi connectivity index (χ0n) is 15.1. The third-order valence-corrected chi connectivity index (χ3v) is 5.10.